The zero-order valence-electron chi connectivity index (χ0n) is 15.9. The Hall–Kier alpha value is -1.31. The summed E-state index contributed by atoms with van der Waals surface area (Å²) in [4.78, 5) is 4.82. The monoisotopic (exact) mass is 441 g/mol. The standard InChI is InChI=1S/C20H25Cl2N3O2S/c1-16-14-20(19(22)15-18(16)21)28(26,27)23-8-5-9-24-10-12-25(13-11-24)17-6-3-2-4-7-17/h2-4,6-7,14-15,23H,5,8-13H2,1H3. The highest BCUT2D eigenvalue weighted by molar-refractivity contribution is 7.89. The first-order valence-electron chi connectivity index (χ1n) is 9.34. The number of anilines is 1. The molecule has 0 aliphatic carbocycles. The molecule has 2 aromatic carbocycles. The van der Waals surface area contributed by atoms with Gasteiger partial charge in [0.25, 0.3) is 0 Å². The highest BCUT2D eigenvalue weighted by atomic mass is 35.5. The summed E-state index contributed by atoms with van der Waals surface area (Å²) in [6.07, 6.45) is 0.745. The predicted molar refractivity (Wildman–Crippen MR) is 116 cm³/mol. The Balaban J connectivity index is 1.44. The van der Waals surface area contributed by atoms with E-state index in [1.807, 2.05) is 6.07 Å². The average Bonchev–Trinajstić information content (AvgIpc) is 2.69. The SMILES string of the molecule is Cc1cc(S(=O)(=O)NCCCN2CCN(c3ccccc3)CC2)c(Cl)cc1Cl. The van der Waals surface area contributed by atoms with Gasteiger partial charge in [-0.05, 0) is 49.7 Å². The van der Waals surface area contributed by atoms with Gasteiger partial charge in [-0.1, -0.05) is 41.4 Å². The van der Waals surface area contributed by atoms with Crippen molar-refractivity contribution in [2.24, 2.45) is 0 Å². The molecule has 1 aliphatic heterocycles. The molecule has 2 aromatic rings. The molecule has 1 fully saturated rings. The van der Waals surface area contributed by atoms with E-state index in [-0.39, 0.29) is 9.92 Å². The van der Waals surface area contributed by atoms with Gasteiger partial charge in [0.1, 0.15) is 4.90 Å². The topological polar surface area (TPSA) is 52.7 Å². The molecule has 5 nitrogen and oxygen atoms in total. The van der Waals surface area contributed by atoms with Crippen molar-refractivity contribution < 1.29 is 8.42 Å². The minimum Gasteiger partial charge on any atom is -0.369 e. The molecule has 0 saturated carbocycles. The molecule has 1 heterocycles. The van der Waals surface area contributed by atoms with E-state index in [2.05, 4.69) is 38.8 Å². The number of nitrogens with one attached hydrogen (secondary N) is 1. The van der Waals surface area contributed by atoms with Gasteiger partial charge in [-0.3, -0.25) is 4.90 Å². The van der Waals surface area contributed by atoms with Gasteiger partial charge in [-0.2, -0.15) is 0 Å². The molecule has 1 saturated heterocycles. The van der Waals surface area contributed by atoms with Crippen LogP contribution in [-0.2, 0) is 10.0 Å². The van der Waals surface area contributed by atoms with Gasteiger partial charge in [0.15, 0.2) is 0 Å². The molecule has 0 bridgehead atoms. The summed E-state index contributed by atoms with van der Waals surface area (Å²) in [7, 11) is -3.65. The van der Waals surface area contributed by atoms with E-state index in [9.17, 15) is 8.42 Å². The number of piperazine rings is 1. The number of hydrogen-bond acceptors (Lipinski definition) is 4. The van der Waals surface area contributed by atoms with Crippen molar-refractivity contribution >= 4 is 38.9 Å². The summed E-state index contributed by atoms with van der Waals surface area (Å²) in [6, 6.07) is 13.4. The van der Waals surface area contributed by atoms with Crippen LogP contribution >= 0.6 is 23.2 Å². The number of para-hydroxylation sites is 1. The minimum absolute atomic E-state index is 0.0764. The summed E-state index contributed by atoms with van der Waals surface area (Å²) >= 11 is 12.1. The molecule has 0 amide bonds. The van der Waals surface area contributed by atoms with Crippen molar-refractivity contribution in [3.63, 3.8) is 0 Å². The molecule has 28 heavy (non-hydrogen) atoms. The number of hydrogen-bond donors (Lipinski definition) is 1. The first-order valence-corrected chi connectivity index (χ1v) is 11.6. The number of aryl methyl sites for hydroxylation is 1. The molecule has 3 rings (SSSR count). The molecule has 0 unspecified atom stereocenters. The average molecular weight is 442 g/mol. The fourth-order valence-corrected chi connectivity index (χ4v) is 5.20. The minimum atomic E-state index is -3.65. The van der Waals surface area contributed by atoms with Crippen LogP contribution in [0.2, 0.25) is 10.0 Å². The Morgan fingerprint density at radius 2 is 1.68 bits per heavy atom. The van der Waals surface area contributed by atoms with Crippen molar-refractivity contribution in [2.45, 2.75) is 18.2 Å². The van der Waals surface area contributed by atoms with Crippen molar-refractivity contribution in [2.75, 3.05) is 44.2 Å². The Labute approximate surface area is 177 Å². The van der Waals surface area contributed by atoms with Crippen LogP contribution in [0.3, 0.4) is 0 Å². The predicted octanol–water partition coefficient (Wildman–Crippen LogP) is 3.79. The van der Waals surface area contributed by atoms with Crippen LogP contribution in [0.15, 0.2) is 47.4 Å². The third kappa shape index (κ3) is 5.39. The van der Waals surface area contributed by atoms with Crippen LogP contribution in [-0.4, -0.2) is 52.6 Å². The molecule has 152 valence electrons. The van der Waals surface area contributed by atoms with E-state index in [1.165, 1.54) is 17.8 Å². The molecular formula is C20H25Cl2N3O2S. The quantitative estimate of drug-likeness (QED) is 0.663. The van der Waals surface area contributed by atoms with Gasteiger partial charge in [-0.15, -0.1) is 0 Å². The van der Waals surface area contributed by atoms with Crippen molar-refractivity contribution in [3.8, 4) is 0 Å². The molecule has 0 radical (unpaired) electrons. The smallest absolute Gasteiger partial charge is 0.242 e. The van der Waals surface area contributed by atoms with Gasteiger partial charge < -0.3 is 4.90 Å². The van der Waals surface area contributed by atoms with E-state index in [0.29, 0.717) is 17.1 Å². The largest absolute Gasteiger partial charge is 0.369 e. The molecule has 0 atom stereocenters. The maximum absolute atomic E-state index is 12.5. The first kappa shape index (κ1) is 21.4. The molecular weight excluding hydrogens is 417 g/mol. The van der Waals surface area contributed by atoms with Crippen LogP contribution in [0, 0.1) is 6.92 Å². The van der Waals surface area contributed by atoms with E-state index >= 15 is 0 Å². The molecule has 1 N–H and O–H groups in total. The zero-order chi connectivity index (χ0) is 20.1. The number of nitrogens with zero attached hydrogens (tertiary/aromatic N) is 2. The van der Waals surface area contributed by atoms with Crippen LogP contribution in [0.4, 0.5) is 5.69 Å². The normalized spacial score (nSPS) is 15.8. The first-order chi connectivity index (χ1) is 13.4. The van der Waals surface area contributed by atoms with Crippen LogP contribution < -0.4 is 9.62 Å². The fraction of sp³-hybridized carbons (Fsp3) is 0.400. The number of sulfonamides is 1. The Morgan fingerprint density at radius 1 is 1.00 bits per heavy atom. The summed E-state index contributed by atoms with van der Waals surface area (Å²) in [5, 5.41) is 0.596. The lowest BCUT2D eigenvalue weighted by atomic mass is 10.2. The van der Waals surface area contributed by atoms with E-state index in [4.69, 9.17) is 23.2 Å². The van der Waals surface area contributed by atoms with Crippen molar-refractivity contribution in [1.82, 2.24) is 9.62 Å². The third-order valence-electron chi connectivity index (χ3n) is 4.94. The third-order valence-corrected chi connectivity index (χ3v) is 7.27. The number of benzene rings is 2. The highest BCUT2D eigenvalue weighted by Crippen LogP contribution is 2.28. The van der Waals surface area contributed by atoms with Gasteiger partial charge in [0.05, 0.1) is 5.02 Å². The second kappa shape index (κ2) is 9.46. The van der Waals surface area contributed by atoms with Crippen molar-refractivity contribution in [3.05, 3.63) is 58.1 Å². The van der Waals surface area contributed by atoms with Gasteiger partial charge in [0, 0.05) is 43.4 Å². The highest BCUT2D eigenvalue weighted by Gasteiger charge is 2.20. The summed E-state index contributed by atoms with van der Waals surface area (Å²) in [5.41, 5.74) is 1.94. The zero-order valence-corrected chi connectivity index (χ0v) is 18.2. The van der Waals surface area contributed by atoms with Crippen LogP contribution in [0.5, 0.6) is 0 Å². The Bertz CT molecular complexity index is 899. The second-order valence-corrected chi connectivity index (χ2v) is 9.50. The maximum atomic E-state index is 12.5. The lowest BCUT2D eigenvalue weighted by Gasteiger charge is -2.36. The van der Waals surface area contributed by atoms with Crippen LogP contribution in [0.1, 0.15) is 12.0 Å². The Morgan fingerprint density at radius 3 is 2.36 bits per heavy atom. The summed E-state index contributed by atoms with van der Waals surface area (Å²) < 4.78 is 27.7. The molecule has 0 spiro atoms. The molecule has 0 aromatic heterocycles. The molecule has 1 aliphatic rings. The fourth-order valence-electron chi connectivity index (χ4n) is 3.29. The van der Waals surface area contributed by atoms with Gasteiger partial charge in [-0.25, -0.2) is 13.1 Å². The number of rotatable bonds is 7. The lowest BCUT2D eigenvalue weighted by Crippen LogP contribution is -2.47. The summed E-state index contributed by atoms with van der Waals surface area (Å²) in [5.74, 6) is 0. The van der Waals surface area contributed by atoms with Gasteiger partial charge in [0.2, 0.25) is 10.0 Å². The second-order valence-electron chi connectivity index (χ2n) is 6.95. The Kier molecular flexibility index (Phi) is 7.23. The van der Waals surface area contributed by atoms with Crippen LogP contribution in [0.25, 0.3) is 0 Å². The van der Waals surface area contributed by atoms with Crippen molar-refractivity contribution in [1.29, 1.82) is 0 Å². The maximum Gasteiger partial charge on any atom is 0.242 e. The van der Waals surface area contributed by atoms with Gasteiger partial charge >= 0.3 is 0 Å². The van der Waals surface area contributed by atoms with E-state index < -0.39 is 10.0 Å². The summed E-state index contributed by atoms with van der Waals surface area (Å²) in [6.45, 7) is 6.91. The number of halogens is 2. The molecule has 8 heteroatoms. The van der Waals surface area contributed by atoms with E-state index in [0.717, 1.165) is 39.1 Å². The van der Waals surface area contributed by atoms with E-state index in [1.54, 1.807) is 6.92 Å². The lowest BCUT2D eigenvalue weighted by molar-refractivity contribution is 0.255.